The molecular weight excluding hydrogens is 149 g/mol. The lowest BCUT2D eigenvalue weighted by atomic mass is 13.9. The molecule has 0 rings (SSSR count). The largest absolute Gasteiger partial charge is 0.362 e. The molecule has 7 heteroatoms. The summed E-state index contributed by atoms with van der Waals surface area (Å²) in [4.78, 5) is 16.3. The molecule has 0 atom stereocenters. The first-order valence-corrected chi connectivity index (χ1v) is 7.15. The van der Waals surface area contributed by atoms with Crippen molar-refractivity contribution < 1.29 is 14.4 Å². The molecule has 0 heterocycles. The van der Waals surface area contributed by atoms with Crippen molar-refractivity contribution in [3.8, 4) is 0 Å². The summed E-state index contributed by atoms with van der Waals surface area (Å²) in [5, 5.41) is 0. The van der Waals surface area contributed by atoms with E-state index in [0.717, 1.165) is 0 Å². The fraction of sp³-hybridized carbons (Fsp3) is 0. The van der Waals surface area contributed by atoms with Gasteiger partial charge in [0.1, 0.15) is 0 Å². The second-order valence-electron chi connectivity index (χ2n) is 1.18. The first-order chi connectivity index (χ1) is 3.06. The zero-order valence-corrected chi connectivity index (χ0v) is 8.27. The van der Waals surface area contributed by atoms with Crippen LogP contribution >= 0.6 is 7.14 Å². The van der Waals surface area contributed by atoms with Crippen LogP contribution in [-0.4, -0.2) is 29.5 Å². The van der Waals surface area contributed by atoms with Gasteiger partial charge in [-0.15, -0.1) is 0 Å². The fourth-order valence-electron chi connectivity index (χ4n) is 0.206. The summed E-state index contributed by atoms with van der Waals surface area (Å²) in [6, 6.07) is 0. The lowest BCUT2D eigenvalue weighted by Gasteiger charge is -1.97. The van der Waals surface area contributed by atoms with Gasteiger partial charge in [-0.25, -0.2) is 0 Å². The van der Waals surface area contributed by atoms with Gasteiger partial charge in [0, 0.05) is 0 Å². The highest BCUT2D eigenvalue weighted by Crippen LogP contribution is 2.29. The molecule has 0 fully saturated rings. The van der Waals surface area contributed by atoms with Gasteiger partial charge >= 0.3 is 7.14 Å². The predicted octanol–water partition coefficient (Wildman–Crippen LogP) is -2.97. The van der Waals surface area contributed by atoms with Crippen molar-refractivity contribution in [2.75, 3.05) is 0 Å². The van der Waals surface area contributed by atoms with Gasteiger partial charge in [0.25, 0.3) is 0 Å². The summed E-state index contributed by atoms with van der Waals surface area (Å²) in [6.45, 7) is 0. The van der Waals surface area contributed by atoms with E-state index in [2.05, 4.69) is 4.65 Å². The molecule has 44 valence electrons. The standard InChI is InChI=1S/H8NO3PSi2/c2-5(3,4)7-1-6/h1H,7H2,6H3,(H2,2,3,4). The summed E-state index contributed by atoms with van der Waals surface area (Å²) >= 11 is 0. The maximum absolute atomic E-state index is 9.95. The van der Waals surface area contributed by atoms with Crippen molar-refractivity contribution in [1.29, 1.82) is 0 Å². The zero-order valence-electron chi connectivity index (χ0n) is 3.96. The molecule has 0 aromatic heterocycles. The highest BCUT2D eigenvalue weighted by atomic mass is 31.4. The van der Waals surface area contributed by atoms with Crippen LogP contribution < -0.4 is 4.65 Å². The quantitative estimate of drug-likeness (QED) is 0.296. The van der Waals surface area contributed by atoms with Crippen molar-refractivity contribution in [2.45, 2.75) is 0 Å². The molecule has 0 aliphatic carbocycles. The molecule has 0 unspecified atom stereocenters. The summed E-state index contributed by atoms with van der Waals surface area (Å²) in [6.07, 6.45) is 0. The molecule has 0 amide bonds. The van der Waals surface area contributed by atoms with Gasteiger partial charge in [0.2, 0.25) is 9.35 Å². The first-order valence-electron chi connectivity index (χ1n) is 1.75. The van der Waals surface area contributed by atoms with E-state index in [1.807, 2.05) is 0 Å². The Bertz CT molecular complexity index is 86.9. The molecule has 0 aromatic carbocycles. The molecule has 0 aliphatic rings. The van der Waals surface area contributed by atoms with Gasteiger partial charge in [-0.2, -0.15) is 0 Å². The average Bonchev–Trinajstić information content (AvgIpc) is 1.30. The monoisotopic (exact) mass is 157 g/mol. The lowest BCUT2D eigenvalue weighted by molar-refractivity contribution is 0.393. The minimum atomic E-state index is -3.60. The second kappa shape index (κ2) is 2.76. The van der Waals surface area contributed by atoms with Crippen LogP contribution in [0.1, 0.15) is 0 Å². The average molecular weight is 157 g/mol. The molecule has 0 radical (unpaired) electrons. The molecule has 0 aliphatic heterocycles. The molecule has 7 heavy (non-hydrogen) atoms. The fourth-order valence-corrected chi connectivity index (χ4v) is 5.56. The van der Waals surface area contributed by atoms with E-state index in [0.29, 0.717) is 10.4 Å². The van der Waals surface area contributed by atoms with Crippen LogP contribution in [-0.2, 0) is 4.57 Å². The molecule has 0 spiro atoms. The van der Waals surface area contributed by atoms with Crippen LogP contribution in [0.2, 0.25) is 0 Å². The van der Waals surface area contributed by atoms with E-state index in [9.17, 15) is 4.57 Å². The van der Waals surface area contributed by atoms with Crippen LogP contribution in [0.5, 0.6) is 0 Å². The Morgan fingerprint density at radius 2 is 2.14 bits per heavy atom. The summed E-state index contributed by atoms with van der Waals surface area (Å²) in [5.74, 6) is 0. The Kier molecular flexibility index (Phi) is 2.97. The SMILES string of the molecule is O=P(O)(O)[SiH2]N[SiH3]. The number of hydrogen-bond donors (Lipinski definition) is 3. The van der Waals surface area contributed by atoms with Gasteiger partial charge in [0.15, 0.2) is 0 Å². The molecule has 0 saturated carbocycles. The maximum Gasteiger partial charge on any atom is 0.301 e. The van der Waals surface area contributed by atoms with Crippen molar-refractivity contribution in [3.05, 3.63) is 0 Å². The Morgan fingerprint density at radius 3 is 2.14 bits per heavy atom. The van der Waals surface area contributed by atoms with Crippen LogP contribution in [0.4, 0.5) is 0 Å². The van der Waals surface area contributed by atoms with E-state index >= 15 is 0 Å². The Hall–Kier alpha value is 0.544. The molecule has 4 nitrogen and oxygen atoms in total. The van der Waals surface area contributed by atoms with E-state index in [4.69, 9.17) is 9.79 Å². The van der Waals surface area contributed by atoms with Gasteiger partial charge in [0.05, 0.1) is 10.4 Å². The number of rotatable bonds is 2. The second-order valence-corrected chi connectivity index (χ2v) is 9.07. The van der Waals surface area contributed by atoms with Crippen LogP contribution in [0.15, 0.2) is 0 Å². The first kappa shape index (κ1) is 7.54. The highest BCUT2D eigenvalue weighted by Gasteiger charge is 2.09. The summed E-state index contributed by atoms with van der Waals surface area (Å²) in [7, 11) is -4.18. The summed E-state index contributed by atoms with van der Waals surface area (Å²) in [5.41, 5.74) is 0. The predicted molar refractivity (Wildman–Crippen MR) is 33.7 cm³/mol. The van der Waals surface area contributed by atoms with E-state index in [-0.39, 0.29) is 0 Å². The Labute approximate surface area is 46.7 Å². The Morgan fingerprint density at radius 1 is 1.71 bits per heavy atom. The van der Waals surface area contributed by atoms with Crippen LogP contribution in [0.25, 0.3) is 0 Å². The van der Waals surface area contributed by atoms with E-state index in [1.54, 1.807) is 0 Å². The molecule has 3 N–H and O–H groups in total. The molecule has 0 bridgehead atoms. The van der Waals surface area contributed by atoms with Crippen LogP contribution in [0, 0.1) is 0 Å². The third kappa shape index (κ3) is 6.54. The van der Waals surface area contributed by atoms with Crippen molar-refractivity contribution in [3.63, 3.8) is 0 Å². The van der Waals surface area contributed by atoms with Gasteiger partial charge in [-0.05, 0) is 0 Å². The molecular formula is H8NO3PSi2. The van der Waals surface area contributed by atoms with Gasteiger partial charge < -0.3 is 14.4 Å². The topological polar surface area (TPSA) is 69.6 Å². The zero-order chi connectivity index (χ0) is 5.91. The summed E-state index contributed by atoms with van der Waals surface area (Å²) < 4.78 is 12.6. The number of nitrogens with one attached hydrogen (secondary N) is 1. The van der Waals surface area contributed by atoms with Gasteiger partial charge in [-0.1, -0.05) is 0 Å². The highest BCUT2D eigenvalue weighted by molar-refractivity contribution is 7.81. The van der Waals surface area contributed by atoms with Crippen LogP contribution in [0.3, 0.4) is 0 Å². The maximum atomic E-state index is 9.95. The lowest BCUT2D eigenvalue weighted by Crippen LogP contribution is -2.14. The van der Waals surface area contributed by atoms with Crippen molar-refractivity contribution in [2.24, 2.45) is 0 Å². The third-order valence-electron chi connectivity index (χ3n) is 0.364. The van der Waals surface area contributed by atoms with E-state index < -0.39 is 16.5 Å². The molecule has 0 saturated heterocycles. The minimum Gasteiger partial charge on any atom is -0.362 e. The van der Waals surface area contributed by atoms with Gasteiger partial charge in [-0.3, -0.25) is 4.57 Å². The van der Waals surface area contributed by atoms with E-state index in [1.165, 1.54) is 0 Å². The normalized spacial score (nSPS) is 14.0. The third-order valence-corrected chi connectivity index (χ3v) is 6.12. The minimum absolute atomic E-state index is 0.689. The van der Waals surface area contributed by atoms with Crippen molar-refractivity contribution in [1.82, 2.24) is 4.65 Å². The smallest absolute Gasteiger partial charge is 0.301 e. The van der Waals surface area contributed by atoms with Crippen molar-refractivity contribution >= 4 is 26.9 Å². The number of hydrogen-bond acceptors (Lipinski definition) is 2. The Balaban J connectivity index is 3.36. The molecule has 0 aromatic rings.